The quantitative estimate of drug-likeness (QED) is 0.378. The van der Waals surface area contributed by atoms with Gasteiger partial charge in [0, 0.05) is 32.3 Å². The van der Waals surface area contributed by atoms with Gasteiger partial charge in [0.15, 0.2) is 0 Å². The minimum Gasteiger partial charge on any atom is -0.481 e. The molecule has 1 saturated heterocycles. The van der Waals surface area contributed by atoms with Crippen LogP contribution in [0.4, 0.5) is 18.0 Å². The van der Waals surface area contributed by atoms with Gasteiger partial charge in [-0.15, -0.1) is 0 Å². The predicted molar refractivity (Wildman–Crippen MR) is 122 cm³/mol. The molecule has 2 aliphatic rings. The number of benzene rings is 1. The molecule has 1 heterocycles. The number of ether oxygens (including phenoxy) is 2. The van der Waals surface area contributed by atoms with E-state index in [9.17, 15) is 27.6 Å². The maximum Gasteiger partial charge on any atom is 0.490 e. The van der Waals surface area contributed by atoms with Crippen LogP contribution in [-0.4, -0.2) is 96.6 Å². The maximum absolute atomic E-state index is 13.2. The molecule has 1 N–H and O–H groups in total. The summed E-state index contributed by atoms with van der Waals surface area (Å²) in [5, 5.41) is 9.08. The molecule has 1 aromatic rings. The normalized spacial score (nSPS) is 24.6. The Labute approximate surface area is 207 Å². The zero-order chi connectivity index (χ0) is 26.6. The fourth-order valence-electron chi connectivity index (χ4n) is 5.36. The van der Waals surface area contributed by atoms with Crippen molar-refractivity contribution < 1.29 is 42.1 Å². The second-order valence-electron chi connectivity index (χ2n) is 9.37. The first-order valence-corrected chi connectivity index (χ1v) is 11.7. The molecule has 200 valence electrons. The maximum atomic E-state index is 13.2. The summed E-state index contributed by atoms with van der Waals surface area (Å²) < 4.78 is 47.9. The molecular formula is C24H32F3N3O6. The van der Waals surface area contributed by atoms with Crippen LogP contribution in [0.5, 0.6) is 0 Å². The number of hydrogen-bond acceptors (Lipinski definition) is 6. The lowest BCUT2D eigenvalue weighted by molar-refractivity contribution is -0.206. The van der Waals surface area contributed by atoms with Crippen LogP contribution in [0, 0.1) is 0 Å². The highest BCUT2D eigenvalue weighted by Crippen LogP contribution is 2.49. The number of urea groups is 1. The predicted octanol–water partition coefficient (Wildman–Crippen LogP) is 3.05. The zero-order valence-electron chi connectivity index (χ0n) is 20.4. The third-order valence-electron chi connectivity index (χ3n) is 7.34. The summed E-state index contributed by atoms with van der Waals surface area (Å²) in [4.78, 5) is 40.5. The Kier molecular flexibility index (Phi) is 8.50. The second kappa shape index (κ2) is 11.0. The van der Waals surface area contributed by atoms with Gasteiger partial charge in [0.25, 0.3) is 0 Å². The SMILES string of the molecule is COCCN1C(=O)N(CCC(=O)O)C[C@]12CC[C@](c1ccccc1)(N(C)COC(=O)C(F)(F)F)CC2. The zero-order valence-corrected chi connectivity index (χ0v) is 20.4. The third kappa shape index (κ3) is 5.75. The van der Waals surface area contributed by atoms with Crippen molar-refractivity contribution in [1.29, 1.82) is 0 Å². The Morgan fingerprint density at radius 2 is 1.75 bits per heavy atom. The van der Waals surface area contributed by atoms with Crippen LogP contribution in [0.15, 0.2) is 30.3 Å². The van der Waals surface area contributed by atoms with Gasteiger partial charge in [-0.05, 0) is 38.3 Å². The number of rotatable bonds is 10. The average Bonchev–Trinajstić information content (AvgIpc) is 3.10. The van der Waals surface area contributed by atoms with Crippen LogP contribution in [0.2, 0.25) is 0 Å². The van der Waals surface area contributed by atoms with E-state index in [-0.39, 0.29) is 19.0 Å². The number of alkyl halides is 3. The lowest BCUT2D eigenvalue weighted by atomic mass is 9.68. The fraction of sp³-hybridized carbons (Fsp3) is 0.625. The van der Waals surface area contributed by atoms with E-state index in [0.29, 0.717) is 45.4 Å². The van der Waals surface area contributed by atoms with Gasteiger partial charge in [-0.3, -0.25) is 9.69 Å². The number of amides is 2. The van der Waals surface area contributed by atoms with Gasteiger partial charge in [0.1, 0.15) is 6.73 Å². The molecule has 0 bridgehead atoms. The molecule has 12 heteroatoms. The van der Waals surface area contributed by atoms with Crippen molar-refractivity contribution in [2.75, 3.05) is 47.1 Å². The molecule has 0 radical (unpaired) electrons. The Morgan fingerprint density at radius 1 is 1.11 bits per heavy atom. The number of hydrogen-bond donors (Lipinski definition) is 1. The molecule has 36 heavy (non-hydrogen) atoms. The number of nitrogens with zero attached hydrogens (tertiary/aromatic N) is 3. The Hall–Kier alpha value is -2.86. The van der Waals surface area contributed by atoms with Crippen molar-refractivity contribution in [3.05, 3.63) is 35.9 Å². The third-order valence-corrected chi connectivity index (χ3v) is 7.34. The molecule has 1 spiro atoms. The summed E-state index contributed by atoms with van der Waals surface area (Å²) in [6.07, 6.45) is -3.22. The highest BCUT2D eigenvalue weighted by molar-refractivity contribution is 5.79. The van der Waals surface area contributed by atoms with Crippen LogP contribution in [0.25, 0.3) is 0 Å². The molecule has 2 fully saturated rings. The smallest absolute Gasteiger partial charge is 0.481 e. The van der Waals surface area contributed by atoms with Crippen LogP contribution in [-0.2, 0) is 24.6 Å². The van der Waals surface area contributed by atoms with Gasteiger partial charge in [0.2, 0.25) is 0 Å². The number of halogens is 3. The molecular weight excluding hydrogens is 483 g/mol. The summed E-state index contributed by atoms with van der Waals surface area (Å²) in [6.45, 7) is 0.571. The molecule has 1 aliphatic heterocycles. The first-order valence-electron chi connectivity index (χ1n) is 11.7. The highest BCUT2D eigenvalue weighted by Gasteiger charge is 2.55. The first-order chi connectivity index (χ1) is 16.9. The van der Waals surface area contributed by atoms with E-state index in [4.69, 9.17) is 9.84 Å². The van der Waals surface area contributed by atoms with E-state index in [0.717, 1.165) is 5.56 Å². The summed E-state index contributed by atoms with van der Waals surface area (Å²) in [6, 6.07) is 9.06. The molecule has 1 saturated carbocycles. The van der Waals surface area contributed by atoms with Gasteiger partial charge < -0.3 is 24.4 Å². The summed E-state index contributed by atoms with van der Waals surface area (Å²) >= 11 is 0. The summed E-state index contributed by atoms with van der Waals surface area (Å²) in [7, 11) is 3.16. The number of esters is 1. The van der Waals surface area contributed by atoms with Crippen LogP contribution >= 0.6 is 0 Å². The van der Waals surface area contributed by atoms with E-state index < -0.39 is 35.9 Å². The van der Waals surface area contributed by atoms with Crippen molar-refractivity contribution in [3.8, 4) is 0 Å². The van der Waals surface area contributed by atoms with E-state index in [2.05, 4.69) is 4.74 Å². The van der Waals surface area contributed by atoms with Crippen molar-refractivity contribution in [3.63, 3.8) is 0 Å². The van der Waals surface area contributed by atoms with Crippen molar-refractivity contribution in [1.82, 2.24) is 14.7 Å². The molecule has 2 amide bonds. The lowest BCUT2D eigenvalue weighted by Gasteiger charge is -2.51. The minimum absolute atomic E-state index is 0.0938. The Bertz CT molecular complexity index is 935. The van der Waals surface area contributed by atoms with Gasteiger partial charge in [-0.2, -0.15) is 13.2 Å². The number of methoxy groups -OCH3 is 1. The van der Waals surface area contributed by atoms with Crippen molar-refractivity contribution >= 4 is 18.0 Å². The Balaban J connectivity index is 1.84. The molecule has 3 rings (SSSR count). The van der Waals surface area contributed by atoms with Crippen LogP contribution in [0.1, 0.15) is 37.7 Å². The van der Waals surface area contributed by atoms with Crippen molar-refractivity contribution in [2.24, 2.45) is 0 Å². The summed E-state index contributed by atoms with van der Waals surface area (Å²) in [5.74, 6) is -3.24. The molecule has 1 aliphatic carbocycles. The van der Waals surface area contributed by atoms with Crippen molar-refractivity contribution in [2.45, 2.75) is 49.4 Å². The van der Waals surface area contributed by atoms with E-state index in [1.54, 1.807) is 21.7 Å². The first kappa shape index (κ1) is 27.7. The van der Waals surface area contributed by atoms with Gasteiger partial charge in [0.05, 0.1) is 18.6 Å². The number of aliphatic carboxylic acids is 1. The van der Waals surface area contributed by atoms with Gasteiger partial charge >= 0.3 is 24.1 Å². The lowest BCUT2D eigenvalue weighted by Crippen LogP contribution is -2.57. The number of carboxylic acid groups (broad SMARTS) is 1. The van der Waals surface area contributed by atoms with E-state index in [1.807, 2.05) is 30.3 Å². The standard InChI is InChI=1S/C24H32F3N3O6/c1-28(17-36-20(33)24(25,26)27)23(18-6-4-3-5-7-18)11-9-22(10-12-23)16-29(13-8-19(31)32)21(34)30(22)14-15-35-2/h3-7H,8-17H2,1-2H3,(H,31,32)/t22-,23+. The molecule has 0 aromatic heterocycles. The van der Waals surface area contributed by atoms with Crippen LogP contribution < -0.4 is 0 Å². The molecule has 0 unspecified atom stereocenters. The van der Waals surface area contributed by atoms with E-state index >= 15 is 0 Å². The van der Waals surface area contributed by atoms with Gasteiger partial charge in [-0.1, -0.05) is 30.3 Å². The second-order valence-corrected chi connectivity index (χ2v) is 9.37. The molecule has 0 atom stereocenters. The highest BCUT2D eigenvalue weighted by atomic mass is 19.4. The monoisotopic (exact) mass is 515 g/mol. The van der Waals surface area contributed by atoms with Crippen LogP contribution in [0.3, 0.4) is 0 Å². The largest absolute Gasteiger partial charge is 0.490 e. The topological polar surface area (TPSA) is 99.6 Å². The fourth-order valence-corrected chi connectivity index (χ4v) is 5.36. The number of carbonyl (C=O) groups excluding carboxylic acids is 2. The van der Waals surface area contributed by atoms with Gasteiger partial charge in [-0.25, -0.2) is 9.59 Å². The molecule has 9 nitrogen and oxygen atoms in total. The van der Waals surface area contributed by atoms with E-state index in [1.165, 1.54) is 7.11 Å². The summed E-state index contributed by atoms with van der Waals surface area (Å²) in [5.41, 5.74) is -0.403. The number of carboxylic acids is 1. The molecule has 1 aromatic carbocycles. The Morgan fingerprint density at radius 3 is 2.31 bits per heavy atom. The number of carbonyl (C=O) groups is 3. The minimum atomic E-state index is -5.08. The average molecular weight is 516 g/mol.